The topological polar surface area (TPSA) is 70.2 Å². The van der Waals surface area contributed by atoms with Crippen LogP contribution in [0.2, 0.25) is 0 Å². The molecule has 7 nitrogen and oxygen atoms in total. The molecule has 0 spiro atoms. The number of amides is 1. The molecular weight excluding hydrogens is 558 g/mol. The van der Waals surface area contributed by atoms with E-state index in [4.69, 9.17) is 4.74 Å². The molecule has 6 rings (SSSR count). The molecule has 0 aromatic heterocycles. The highest BCUT2D eigenvalue weighted by molar-refractivity contribution is 7.89. The minimum absolute atomic E-state index is 0.0812. The SMILES string of the molecule is CCOc1ccc(S(=O)(=O)N2Cc3ccccc3C[C@H]2C(=O)N2CCN(C(c3ccccc3)c3ccccc3)CC2)cc1. The van der Waals surface area contributed by atoms with E-state index >= 15 is 0 Å². The molecule has 2 aliphatic rings. The average Bonchev–Trinajstić information content (AvgIpc) is 3.06. The zero-order valence-electron chi connectivity index (χ0n) is 24.4. The predicted octanol–water partition coefficient (Wildman–Crippen LogP) is 5.13. The van der Waals surface area contributed by atoms with Crippen molar-refractivity contribution in [2.45, 2.75) is 36.9 Å². The Balaban J connectivity index is 1.24. The van der Waals surface area contributed by atoms with Gasteiger partial charge in [0.15, 0.2) is 0 Å². The number of fused-ring (bicyclic) bond motifs is 1. The van der Waals surface area contributed by atoms with Gasteiger partial charge in [-0.1, -0.05) is 84.9 Å². The first-order valence-corrected chi connectivity index (χ1v) is 16.3. The second-order valence-corrected chi connectivity index (χ2v) is 12.9. The van der Waals surface area contributed by atoms with E-state index in [9.17, 15) is 13.2 Å². The number of nitrogens with zero attached hydrogens (tertiary/aromatic N) is 3. The molecule has 2 aliphatic heterocycles. The summed E-state index contributed by atoms with van der Waals surface area (Å²) in [6.45, 7) is 4.98. The Hall–Kier alpha value is -3.98. The minimum atomic E-state index is -3.95. The Morgan fingerprint density at radius 3 is 1.91 bits per heavy atom. The molecule has 1 amide bonds. The Labute approximate surface area is 254 Å². The number of hydrogen-bond donors (Lipinski definition) is 0. The van der Waals surface area contributed by atoms with Crippen LogP contribution in [0.3, 0.4) is 0 Å². The highest BCUT2D eigenvalue weighted by Crippen LogP contribution is 2.33. The third kappa shape index (κ3) is 6.09. The van der Waals surface area contributed by atoms with E-state index in [2.05, 4.69) is 53.4 Å². The zero-order valence-corrected chi connectivity index (χ0v) is 25.2. The van der Waals surface area contributed by atoms with Gasteiger partial charge in [-0.15, -0.1) is 0 Å². The summed E-state index contributed by atoms with van der Waals surface area (Å²) in [4.78, 5) is 18.6. The molecule has 0 radical (unpaired) electrons. The van der Waals surface area contributed by atoms with E-state index in [0.29, 0.717) is 45.0 Å². The minimum Gasteiger partial charge on any atom is -0.494 e. The number of piperazine rings is 1. The van der Waals surface area contributed by atoms with Gasteiger partial charge < -0.3 is 9.64 Å². The molecule has 1 saturated heterocycles. The van der Waals surface area contributed by atoms with Crippen LogP contribution in [0, 0.1) is 0 Å². The van der Waals surface area contributed by atoms with Gasteiger partial charge in [-0.25, -0.2) is 8.42 Å². The van der Waals surface area contributed by atoms with Crippen molar-refractivity contribution in [1.29, 1.82) is 0 Å². The van der Waals surface area contributed by atoms with E-state index in [0.717, 1.165) is 11.1 Å². The summed E-state index contributed by atoms with van der Waals surface area (Å²) in [5.74, 6) is 0.472. The number of ether oxygens (including phenoxy) is 1. The number of benzene rings is 4. The van der Waals surface area contributed by atoms with Crippen molar-refractivity contribution in [2.24, 2.45) is 0 Å². The van der Waals surface area contributed by atoms with Crippen LogP contribution in [0.15, 0.2) is 114 Å². The standard InChI is InChI=1S/C35H37N3O4S/c1-2-42-31-17-19-32(20-18-31)43(40,41)38-26-30-16-10-9-15-29(30)25-33(38)35(39)37-23-21-36(22-24-37)34(27-11-5-3-6-12-27)28-13-7-4-8-14-28/h3-20,33-34H,2,21-26H2,1H3/t33-/m0/s1. The van der Waals surface area contributed by atoms with Gasteiger partial charge in [0.25, 0.3) is 0 Å². The van der Waals surface area contributed by atoms with E-state index in [1.165, 1.54) is 15.4 Å². The number of sulfonamides is 1. The highest BCUT2D eigenvalue weighted by atomic mass is 32.2. The molecule has 2 heterocycles. The molecule has 0 aliphatic carbocycles. The van der Waals surface area contributed by atoms with Crippen molar-refractivity contribution in [1.82, 2.24) is 14.1 Å². The summed E-state index contributed by atoms with van der Waals surface area (Å²) in [7, 11) is -3.95. The largest absolute Gasteiger partial charge is 0.494 e. The first-order chi connectivity index (χ1) is 21.0. The van der Waals surface area contributed by atoms with Gasteiger partial charge in [-0.05, 0) is 59.9 Å². The van der Waals surface area contributed by atoms with Crippen LogP contribution in [-0.2, 0) is 27.8 Å². The summed E-state index contributed by atoms with van der Waals surface area (Å²) < 4.78 is 35.0. The maximum atomic E-state index is 14.2. The van der Waals surface area contributed by atoms with Crippen molar-refractivity contribution in [3.63, 3.8) is 0 Å². The number of carbonyl (C=O) groups is 1. The van der Waals surface area contributed by atoms with Crippen LogP contribution in [0.4, 0.5) is 0 Å². The molecule has 1 atom stereocenters. The molecular formula is C35H37N3O4S. The fourth-order valence-corrected chi connectivity index (χ4v) is 7.83. The van der Waals surface area contributed by atoms with Gasteiger partial charge in [-0.3, -0.25) is 9.69 Å². The van der Waals surface area contributed by atoms with Crippen LogP contribution >= 0.6 is 0 Å². The monoisotopic (exact) mass is 595 g/mol. The summed E-state index contributed by atoms with van der Waals surface area (Å²) >= 11 is 0. The fourth-order valence-electron chi connectivity index (χ4n) is 6.27. The Kier molecular flexibility index (Phi) is 8.61. The van der Waals surface area contributed by atoms with Gasteiger partial charge in [-0.2, -0.15) is 4.31 Å². The molecule has 222 valence electrons. The molecule has 0 saturated carbocycles. The maximum absolute atomic E-state index is 14.2. The van der Waals surface area contributed by atoms with E-state index in [-0.39, 0.29) is 23.4 Å². The number of hydrogen-bond acceptors (Lipinski definition) is 5. The maximum Gasteiger partial charge on any atom is 0.244 e. The van der Waals surface area contributed by atoms with Crippen LogP contribution in [0.1, 0.15) is 35.2 Å². The first-order valence-electron chi connectivity index (χ1n) is 14.9. The molecule has 0 N–H and O–H groups in total. The normalized spacial score (nSPS) is 17.9. The van der Waals surface area contributed by atoms with Crippen LogP contribution in [-0.4, -0.2) is 67.3 Å². The Morgan fingerprint density at radius 2 is 1.33 bits per heavy atom. The average molecular weight is 596 g/mol. The van der Waals surface area contributed by atoms with Gasteiger partial charge in [0, 0.05) is 32.7 Å². The smallest absolute Gasteiger partial charge is 0.244 e. The van der Waals surface area contributed by atoms with Crippen LogP contribution in [0.5, 0.6) is 5.75 Å². The van der Waals surface area contributed by atoms with E-state index < -0.39 is 16.1 Å². The number of rotatable bonds is 8. The lowest BCUT2D eigenvalue weighted by molar-refractivity contribution is -0.137. The highest BCUT2D eigenvalue weighted by Gasteiger charge is 2.42. The van der Waals surface area contributed by atoms with E-state index in [1.54, 1.807) is 24.3 Å². The quantitative estimate of drug-likeness (QED) is 0.282. The second kappa shape index (κ2) is 12.7. The van der Waals surface area contributed by atoms with Gasteiger partial charge >= 0.3 is 0 Å². The lowest BCUT2D eigenvalue weighted by atomic mass is 9.94. The summed E-state index contributed by atoms with van der Waals surface area (Å²) in [6, 6.07) is 34.4. The lowest BCUT2D eigenvalue weighted by Gasteiger charge is -2.42. The van der Waals surface area contributed by atoms with Crippen molar-refractivity contribution in [3.8, 4) is 5.75 Å². The first kappa shape index (κ1) is 29.1. The van der Waals surface area contributed by atoms with Crippen molar-refractivity contribution < 1.29 is 17.9 Å². The van der Waals surface area contributed by atoms with Crippen molar-refractivity contribution in [3.05, 3.63) is 131 Å². The third-order valence-corrected chi connectivity index (χ3v) is 10.3. The fraction of sp³-hybridized carbons (Fsp3) is 0.286. The van der Waals surface area contributed by atoms with Gasteiger partial charge in [0.05, 0.1) is 17.5 Å². The molecule has 8 heteroatoms. The molecule has 4 aromatic rings. The van der Waals surface area contributed by atoms with Crippen molar-refractivity contribution in [2.75, 3.05) is 32.8 Å². The van der Waals surface area contributed by atoms with Crippen LogP contribution < -0.4 is 4.74 Å². The summed E-state index contributed by atoms with van der Waals surface area (Å²) in [5.41, 5.74) is 4.38. The molecule has 43 heavy (non-hydrogen) atoms. The van der Waals surface area contributed by atoms with Crippen molar-refractivity contribution >= 4 is 15.9 Å². The Morgan fingerprint density at radius 1 is 0.767 bits per heavy atom. The second-order valence-electron chi connectivity index (χ2n) is 11.0. The van der Waals surface area contributed by atoms with Crippen LogP contribution in [0.25, 0.3) is 0 Å². The van der Waals surface area contributed by atoms with Gasteiger partial charge in [0.1, 0.15) is 11.8 Å². The predicted molar refractivity (Wildman–Crippen MR) is 167 cm³/mol. The third-order valence-electron chi connectivity index (χ3n) is 8.45. The number of carbonyl (C=O) groups excluding carboxylic acids is 1. The molecule has 4 aromatic carbocycles. The van der Waals surface area contributed by atoms with Gasteiger partial charge in [0.2, 0.25) is 15.9 Å². The Bertz CT molecular complexity index is 1600. The summed E-state index contributed by atoms with van der Waals surface area (Å²) in [6.07, 6.45) is 0.349. The zero-order chi connectivity index (χ0) is 29.8. The van der Waals surface area contributed by atoms with E-state index in [1.807, 2.05) is 48.2 Å². The molecule has 0 bridgehead atoms. The summed E-state index contributed by atoms with van der Waals surface area (Å²) in [5, 5.41) is 0. The molecule has 1 fully saturated rings. The molecule has 0 unspecified atom stereocenters. The lowest BCUT2D eigenvalue weighted by Crippen LogP contribution is -2.57.